The largest absolute Gasteiger partial charge is 0.467 e. The number of esters is 1. The highest BCUT2D eigenvalue weighted by Gasteiger charge is 2.74. The van der Waals surface area contributed by atoms with Crippen molar-refractivity contribution in [2.24, 2.45) is 0 Å². The van der Waals surface area contributed by atoms with Gasteiger partial charge in [0.1, 0.15) is 5.60 Å². The summed E-state index contributed by atoms with van der Waals surface area (Å²) in [7, 11) is -1.61. The fraction of sp³-hybridized carbons (Fsp3) is 0.900. The van der Waals surface area contributed by atoms with Crippen molar-refractivity contribution in [2.45, 2.75) is 37.4 Å². The summed E-state index contributed by atoms with van der Waals surface area (Å²) in [6.07, 6.45) is 1.33. The van der Waals surface area contributed by atoms with Gasteiger partial charge in [0.15, 0.2) is 15.4 Å². The first-order valence-electron chi connectivity index (χ1n) is 5.40. The van der Waals surface area contributed by atoms with E-state index in [1.807, 2.05) is 6.92 Å². The van der Waals surface area contributed by atoms with Crippen LogP contribution in [-0.4, -0.2) is 44.2 Å². The fourth-order valence-corrected chi connectivity index (χ4v) is 4.10. The van der Waals surface area contributed by atoms with Gasteiger partial charge in [-0.2, -0.15) is 0 Å². The molecule has 92 valence electrons. The third kappa shape index (κ3) is 1.47. The first kappa shape index (κ1) is 11.9. The maximum atomic E-state index is 11.7. The van der Waals surface area contributed by atoms with Crippen LogP contribution in [0, 0.1) is 0 Å². The Hall–Kier alpha value is -0.620. The van der Waals surface area contributed by atoms with Crippen LogP contribution in [0.1, 0.15) is 26.2 Å². The van der Waals surface area contributed by atoms with Crippen molar-refractivity contribution in [3.8, 4) is 0 Å². The van der Waals surface area contributed by atoms with Crippen molar-refractivity contribution in [3.05, 3.63) is 0 Å². The molecule has 0 radical (unpaired) electrons. The Morgan fingerprint density at radius 2 is 1.94 bits per heavy atom. The van der Waals surface area contributed by atoms with E-state index in [-0.39, 0.29) is 17.5 Å². The molecule has 2 heterocycles. The van der Waals surface area contributed by atoms with Gasteiger partial charge in [-0.3, -0.25) is 0 Å². The summed E-state index contributed by atoms with van der Waals surface area (Å²) in [5.41, 5.74) is -1.47. The Bertz CT molecular complexity index is 399. The molecule has 0 aliphatic carbocycles. The lowest BCUT2D eigenvalue weighted by Gasteiger charge is -2.21. The molecule has 0 saturated carbocycles. The molecule has 0 N–H and O–H groups in total. The molecule has 2 saturated heterocycles. The van der Waals surface area contributed by atoms with Gasteiger partial charge < -0.3 is 9.47 Å². The monoisotopic (exact) mass is 248 g/mol. The SMILES string of the molecule is CCC1(C(=O)OC)OC12CCS(=O)(=O)CC2. The van der Waals surface area contributed by atoms with Gasteiger partial charge in [0.05, 0.1) is 18.6 Å². The number of ether oxygens (including phenoxy) is 2. The summed E-state index contributed by atoms with van der Waals surface area (Å²) < 4.78 is 33.0. The van der Waals surface area contributed by atoms with Crippen LogP contribution in [0.5, 0.6) is 0 Å². The van der Waals surface area contributed by atoms with E-state index in [1.54, 1.807) is 0 Å². The van der Waals surface area contributed by atoms with Crippen LogP contribution in [0.4, 0.5) is 0 Å². The van der Waals surface area contributed by atoms with Gasteiger partial charge >= 0.3 is 5.97 Å². The summed E-state index contributed by atoms with van der Waals surface area (Å²) >= 11 is 0. The lowest BCUT2D eigenvalue weighted by atomic mass is 9.86. The van der Waals surface area contributed by atoms with E-state index < -0.39 is 21.0 Å². The van der Waals surface area contributed by atoms with Gasteiger partial charge in [-0.1, -0.05) is 6.92 Å². The normalized spacial score (nSPS) is 34.6. The van der Waals surface area contributed by atoms with E-state index in [4.69, 9.17) is 9.47 Å². The van der Waals surface area contributed by atoms with Gasteiger partial charge in [-0.05, 0) is 19.3 Å². The molecule has 0 aromatic heterocycles. The molecule has 1 atom stereocenters. The molecule has 0 aromatic rings. The summed E-state index contributed by atoms with van der Waals surface area (Å²) in [4.78, 5) is 11.7. The Balaban J connectivity index is 2.17. The van der Waals surface area contributed by atoms with Crippen LogP contribution < -0.4 is 0 Å². The zero-order valence-electron chi connectivity index (χ0n) is 9.49. The third-order valence-corrected chi connectivity index (χ3v) is 5.36. The first-order chi connectivity index (χ1) is 7.41. The first-order valence-corrected chi connectivity index (χ1v) is 7.22. The van der Waals surface area contributed by atoms with Gasteiger partial charge in [0.2, 0.25) is 0 Å². The molecular weight excluding hydrogens is 232 g/mol. The van der Waals surface area contributed by atoms with Crippen LogP contribution in [0.25, 0.3) is 0 Å². The highest BCUT2D eigenvalue weighted by Crippen LogP contribution is 2.57. The van der Waals surface area contributed by atoms with Crippen molar-refractivity contribution in [3.63, 3.8) is 0 Å². The van der Waals surface area contributed by atoms with Crippen LogP contribution in [0.3, 0.4) is 0 Å². The van der Waals surface area contributed by atoms with E-state index >= 15 is 0 Å². The van der Waals surface area contributed by atoms with E-state index in [0.717, 1.165) is 0 Å². The third-order valence-electron chi connectivity index (χ3n) is 3.71. The van der Waals surface area contributed by atoms with Gasteiger partial charge in [-0.15, -0.1) is 0 Å². The second kappa shape index (κ2) is 3.43. The number of methoxy groups -OCH3 is 1. The average Bonchev–Trinajstić information content (AvgIpc) is 2.92. The second-order valence-electron chi connectivity index (χ2n) is 4.42. The van der Waals surface area contributed by atoms with E-state index in [2.05, 4.69) is 0 Å². The Morgan fingerprint density at radius 3 is 2.38 bits per heavy atom. The number of rotatable bonds is 2. The lowest BCUT2D eigenvalue weighted by Crippen LogP contribution is -2.40. The van der Waals surface area contributed by atoms with Gasteiger partial charge in [0, 0.05) is 0 Å². The number of carbonyl (C=O) groups excluding carboxylic acids is 1. The number of carbonyl (C=O) groups is 1. The molecule has 1 unspecified atom stereocenters. The van der Waals surface area contributed by atoms with Gasteiger partial charge in [0.25, 0.3) is 0 Å². The molecule has 2 aliphatic heterocycles. The van der Waals surface area contributed by atoms with Crippen molar-refractivity contribution in [2.75, 3.05) is 18.6 Å². The maximum absolute atomic E-state index is 11.7. The van der Waals surface area contributed by atoms with Crippen LogP contribution >= 0.6 is 0 Å². The lowest BCUT2D eigenvalue weighted by molar-refractivity contribution is -0.147. The number of sulfone groups is 1. The van der Waals surface area contributed by atoms with Crippen LogP contribution in [0.2, 0.25) is 0 Å². The standard InChI is InChI=1S/C10H16O5S/c1-3-10(8(11)14-2)9(15-10)4-6-16(12,13)7-5-9/h3-7H2,1-2H3. The van der Waals surface area contributed by atoms with Crippen molar-refractivity contribution >= 4 is 15.8 Å². The molecule has 16 heavy (non-hydrogen) atoms. The average molecular weight is 248 g/mol. The minimum absolute atomic E-state index is 0.103. The van der Waals surface area contributed by atoms with E-state index in [1.165, 1.54) is 7.11 Å². The van der Waals surface area contributed by atoms with Crippen molar-refractivity contribution < 1.29 is 22.7 Å². The molecule has 2 fully saturated rings. The molecule has 1 spiro atoms. The molecule has 2 rings (SSSR count). The highest BCUT2D eigenvalue weighted by atomic mass is 32.2. The topological polar surface area (TPSA) is 73.0 Å². The molecule has 0 aromatic carbocycles. The van der Waals surface area contributed by atoms with Crippen LogP contribution in [0.15, 0.2) is 0 Å². The summed E-state index contributed by atoms with van der Waals surface area (Å²) in [5.74, 6) is -0.174. The highest BCUT2D eigenvalue weighted by molar-refractivity contribution is 7.91. The van der Waals surface area contributed by atoms with Crippen molar-refractivity contribution in [1.82, 2.24) is 0 Å². The fourth-order valence-electron chi connectivity index (χ4n) is 2.61. The predicted octanol–water partition coefficient (Wildman–Crippen LogP) is 0.286. The Labute approximate surface area is 95.0 Å². The molecule has 2 aliphatic rings. The number of hydrogen-bond donors (Lipinski definition) is 0. The molecule has 0 amide bonds. The Morgan fingerprint density at radius 1 is 1.38 bits per heavy atom. The zero-order chi connectivity index (χ0) is 12.0. The predicted molar refractivity (Wildman–Crippen MR) is 56.7 cm³/mol. The minimum atomic E-state index is -2.94. The minimum Gasteiger partial charge on any atom is -0.467 e. The maximum Gasteiger partial charge on any atom is 0.341 e. The van der Waals surface area contributed by atoms with Crippen molar-refractivity contribution in [1.29, 1.82) is 0 Å². The number of epoxide rings is 1. The smallest absolute Gasteiger partial charge is 0.341 e. The summed E-state index contributed by atoms with van der Waals surface area (Å²) in [5, 5.41) is 0. The Kier molecular flexibility index (Phi) is 2.54. The quantitative estimate of drug-likeness (QED) is 0.518. The van der Waals surface area contributed by atoms with E-state index in [9.17, 15) is 13.2 Å². The molecule has 0 bridgehead atoms. The van der Waals surface area contributed by atoms with Crippen LogP contribution in [-0.2, 0) is 24.1 Å². The molecule has 5 nitrogen and oxygen atoms in total. The molecule has 6 heteroatoms. The van der Waals surface area contributed by atoms with E-state index in [0.29, 0.717) is 19.3 Å². The second-order valence-corrected chi connectivity index (χ2v) is 6.72. The number of hydrogen-bond acceptors (Lipinski definition) is 5. The molecular formula is C10H16O5S. The summed E-state index contributed by atoms with van der Waals surface area (Å²) in [6.45, 7) is 1.86. The van der Waals surface area contributed by atoms with Gasteiger partial charge in [-0.25, -0.2) is 13.2 Å². The zero-order valence-corrected chi connectivity index (χ0v) is 10.3. The summed E-state index contributed by atoms with van der Waals surface area (Å²) in [6, 6.07) is 0.